The number of carboxylic acid groups (broad SMARTS) is 1. The molecule has 3 fully saturated rings. The van der Waals surface area contributed by atoms with Crippen LogP contribution in [0.2, 0.25) is 0 Å². The summed E-state index contributed by atoms with van der Waals surface area (Å²) in [6.45, 7) is 1.25. The van der Waals surface area contributed by atoms with Crippen LogP contribution in [0.25, 0.3) is 0 Å². The number of carbonyl (C=O) groups excluding carboxylic acids is 1. The number of likely N-dealkylation sites (tertiary alicyclic amines) is 1. The Labute approximate surface area is 219 Å². The van der Waals surface area contributed by atoms with Crippen LogP contribution in [0.3, 0.4) is 0 Å². The van der Waals surface area contributed by atoms with Crippen LogP contribution in [-0.4, -0.2) is 41.3 Å². The van der Waals surface area contributed by atoms with Crippen molar-refractivity contribution in [1.29, 1.82) is 0 Å². The van der Waals surface area contributed by atoms with Crippen LogP contribution < -0.4 is 4.74 Å². The van der Waals surface area contributed by atoms with Gasteiger partial charge in [-0.3, -0.25) is 4.79 Å². The molecule has 6 rings (SSSR count). The lowest BCUT2D eigenvalue weighted by Crippen LogP contribution is -2.62. The number of fused-ring (bicyclic) bond motifs is 1. The quantitative estimate of drug-likeness (QED) is 0.515. The largest absolute Gasteiger partial charge is 0.492 e. The summed E-state index contributed by atoms with van der Waals surface area (Å²) in [5, 5.41) is 9.85. The minimum absolute atomic E-state index is 0.0594. The lowest BCUT2D eigenvalue weighted by atomic mass is 9.52. The van der Waals surface area contributed by atoms with Gasteiger partial charge in [0.1, 0.15) is 24.4 Å². The predicted molar refractivity (Wildman–Crippen MR) is 140 cm³/mol. The maximum atomic E-state index is 13.2. The summed E-state index contributed by atoms with van der Waals surface area (Å²) in [7, 11) is 0. The van der Waals surface area contributed by atoms with Gasteiger partial charge < -0.3 is 19.5 Å². The number of aliphatic carboxylic acids is 1. The fraction of sp³-hybridized carbons (Fsp3) is 0.548. The molecule has 6 nitrogen and oxygen atoms in total. The number of rotatable bonds is 6. The number of carbonyl (C=O) groups is 2. The molecule has 1 aliphatic heterocycles. The zero-order chi connectivity index (χ0) is 25.5. The molecule has 37 heavy (non-hydrogen) atoms. The first-order chi connectivity index (χ1) is 18.0. The molecule has 0 spiro atoms. The van der Waals surface area contributed by atoms with Gasteiger partial charge in [-0.25, -0.2) is 4.79 Å². The lowest BCUT2D eigenvalue weighted by Gasteiger charge is -2.58. The molecule has 0 aromatic heterocycles. The van der Waals surface area contributed by atoms with Crippen molar-refractivity contribution in [2.24, 2.45) is 11.3 Å². The van der Waals surface area contributed by atoms with Gasteiger partial charge in [-0.1, -0.05) is 62.1 Å². The van der Waals surface area contributed by atoms with E-state index in [2.05, 4.69) is 12.1 Å². The summed E-state index contributed by atoms with van der Waals surface area (Å²) < 4.78 is 12.0. The molecule has 2 saturated carbocycles. The second-order valence-corrected chi connectivity index (χ2v) is 11.7. The van der Waals surface area contributed by atoms with Crippen molar-refractivity contribution in [3.05, 3.63) is 65.2 Å². The third kappa shape index (κ3) is 4.28. The number of hydrogen-bond donors (Lipinski definition) is 1. The Balaban J connectivity index is 1.23. The zero-order valence-electron chi connectivity index (χ0n) is 21.5. The number of hydrogen-bond acceptors (Lipinski definition) is 4. The van der Waals surface area contributed by atoms with E-state index in [0.29, 0.717) is 31.9 Å². The molecule has 0 unspecified atom stereocenters. The summed E-state index contributed by atoms with van der Waals surface area (Å²) >= 11 is 0. The van der Waals surface area contributed by atoms with Gasteiger partial charge in [0.15, 0.2) is 0 Å². The number of nitrogens with zero attached hydrogens (tertiary/aromatic N) is 1. The van der Waals surface area contributed by atoms with Crippen molar-refractivity contribution in [1.82, 2.24) is 4.90 Å². The summed E-state index contributed by atoms with van der Waals surface area (Å²) in [6.07, 6.45) is 9.52. The number of ether oxygens (including phenoxy) is 2. The molecule has 1 heterocycles. The second-order valence-electron chi connectivity index (χ2n) is 11.7. The van der Waals surface area contributed by atoms with E-state index in [1.165, 1.54) is 24.0 Å². The monoisotopic (exact) mass is 503 g/mol. The van der Waals surface area contributed by atoms with Crippen LogP contribution in [0, 0.1) is 11.3 Å². The van der Waals surface area contributed by atoms with Crippen LogP contribution in [-0.2, 0) is 28.0 Å². The molecule has 3 atom stereocenters. The van der Waals surface area contributed by atoms with Crippen LogP contribution in [0.1, 0.15) is 74.5 Å². The molecular weight excluding hydrogens is 466 g/mol. The van der Waals surface area contributed by atoms with E-state index in [0.717, 1.165) is 49.8 Å². The van der Waals surface area contributed by atoms with Crippen LogP contribution in [0.15, 0.2) is 48.5 Å². The molecule has 2 bridgehead atoms. The molecule has 1 saturated heterocycles. The Morgan fingerprint density at radius 3 is 2.54 bits per heavy atom. The molecule has 196 valence electrons. The normalized spacial score (nSPS) is 27.6. The highest BCUT2D eigenvalue weighted by Gasteiger charge is 2.55. The molecule has 2 aromatic carbocycles. The topological polar surface area (TPSA) is 76.1 Å². The average molecular weight is 504 g/mol. The van der Waals surface area contributed by atoms with E-state index in [-0.39, 0.29) is 24.2 Å². The number of benzene rings is 2. The molecular formula is C31H37NO5. The van der Waals surface area contributed by atoms with E-state index in [1.54, 1.807) is 0 Å². The van der Waals surface area contributed by atoms with Crippen LogP contribution >= 0.6 is 0 Å². The maximum absolute atomic E-state index is 13.2. The number of carboxylic acids is 1. The Morgan fingerprint density at radius 2 is 1.76 bits per heavy atom. The van der Waals surface area contributed by atoms with Gasteiger partial charge in [-0.2, -0.15) is 0 Å². The minimum Gasteiger partial charge on any atom is -0.492 e. The van der Waals surface area contributed by atoms with Crippen molar-refractivity contribution in [3.8, 4) is 5.75 Å². The Kier molecular flexibility index (Phi) is 6.37. The standard InChI is InChI=1S/C31H37NO5/c33-28(34)30(13-6-7-14-30)21-37-24-12-11-23-18-27-25-10-4-5-15-31(25,26(23)19-24)16-17-32(27)29(35)36-20-22-8-2-1-3-9-22/h1-3,8-9,11-12,19,25,27H,4-7,10,13-18,20-21H2,(H,33,34)/t25-,27+,31+/m0/s1. The van der Waals surface area contributed by atoms with Crippen molar-refractivity contribution >= 4 is 12.1 Å². The van der Waals surface area contributed by atoms with Crippen molar-refractivity contribution in [3.63, 3.8) is 0 Å². The summed E-state index contributed by atoms with van der Waals surface area (Å²) in [6, 6.07) is 16.4. The lowest BCUT2D eigenvalue weighted by molar-refractivity contribution is -0.150. The third-order valence-electron chi connectivity index (χ3n) is 9.78. The molecule has 4 aliphatic rings. The van der Waals surface area contributed by atoms with E-state index >= 15 is 0 Å². The van der Waals surface area contributed by atoms with Crippen LogP contribution in [0.5, 0.6) is 5.75 Å². The van der Waals surface area contributed by atoms with Crippen LogP contribution in [0.4, 0.5) is 4.79 Å². The van der Waals surface area contributed by atoms with Gasteiger partial charge in [0.05, 0.1) is 0 Å². The molecule has 3 aliphatic carbocycles. The fourth-order valence-corrected chi connectivity index (χ4v) is 7.80. The smallest absolute Gasteiger partial charge is 0.410 e. The number of amides is 1. The Morgan fingerprint density at radius 1 is 0.973 bits per heavy atom. The van der Waals surface area contributed by atoms with Crippen molar-refractivity contribution in [2.45, 2.75) is 82.3 Å². The van der Waals surface area contributed by atoms with Gasteiger partial charge >= 0.3 is 12.1 Å². The molecule has 2 aromatic rings. The van der Waals surface area contributed by atoms with Gasteiger partial charge in [-0.15, -0.1) is 0 Å². The van der Waals surface area contributed by atoms with Gasteiger partial charge in [-0.05, 0) is 73.3 Å². The zero-order valence-corrected chi connectivity index (χ0v) is 21.5. The molecule has 1 amide bonds. The first-order valence-electron chi connectivity index (χ1n) is 14.0. The molecule has 1 N–H and O–H groups in total. The second kappa shape index (κ2) is 9.70. The van der Waals surface area contributed by atoms with E-state index < -0.39 is 11.4 Å². The van der Waals surface area contributed by atoms with E-state index in [4.69, 9.17) is 9.47 Å². The Bertz CT molecular complexity index is 1160. The summed E-state index contributed by atoms with van der Waals surface area (Å²) in [5.74, 6) is 0.471. The van der Waals surface area contributed by atoms with E-state index in [1.807, 2.05) is 41.3 Å². The highest BCUT2D eigenvalue weighted by Crippen LogP contribution is 2.56. The maximum Gasteiger partial charge on any atom is 0.410 e. The average Bonchev–Trinajstić information content (AvgIpc) is 3.42. The minimum atomic E-state index is -0.752. The highest BCUT2D eigenvalue weighted by molar-refractivity contribution is 5.75. The molecule has 6 heteroatoms. The third-order valence-corrected chi connectivity index (χ3v) is 9.78. The highest BCUT2D eigenvalue weighted by atomic mass is 16.6. The summed E-state index contributed by atoms with van der Waals surface area (Å²) in [4.78, 5) is 27.2. The van der Waals surface area contributed by atoms with Crippen molar-refractivity contribution < 1.29 is 24.2 Å². The van der Waals surface area contributed by atoms with Gasteiger partial charge in [0.25, 0.3) is 0 Å². The Hall–Kier alpha value is -3.02. The fourth-order valence-electron chi connectivity index (χ4n) is 7.80. The molecule has 0 radical (unpaired) electrons. The predicted octanol–water partition coefficient (Wildman–Crippen LogP) is 6.11. The van der Waals surface area contributed by atoms with Crippen molar-refractivity contribution in [2.75, 3.05) is 13.2 Å². The number of piperidine rings is 1. The van der Waals surface area contributed by atoms with Gasteiger partial charge in [0.2, 0.25) is 0 Å². The first-order valence-corrected chi connectivity index (χ1v) is 14.0. The summed E-state index contributed by atoms with van der Waals surface area (Å²) in [5.41, 5.74) is 2.98. The van der Waals surface area contributed by atoms with Gasteiger partial charge in [0, 0.05) is 18.0 Å². The first kappa shape index (κ1) is 24.3. The van der Waals surface area contributed by atoms with E-state index in [9.17, 15) is 14.7 Å². The SMILES string of the molecule is O=C(OCc1ccccc1)N1CC[C@]23CCCC[C@H]2[C@H]1Cc1ccc(OCC2(C(=O)O)CCCC2)cc13.